The number of rotatable bonds is 7. The van der Waals surface area contributed by atoms with Gasteiger partial charge in [0.15, 0.2) is 17.2 Å². The van der Waals surface area contributed by atoms with E-state index >= 15 is 0 Å². The van der Waals surface area contributed by atoms with Crippen LogP contribution in [-0.2, 0) is 16.1 Å². The second kappa shape index (κ2) is 9.54. The van der Waals surface area contributed by atoms with Crippen molar-refractivity contribution in [2.75, 3.05) is 7.11 Å². The van der Waals surface area contributed by atoms with Crippen LogP contribution in [0.2, 0.25) is 5.02 Å². The Morgan fingerprint density at radius 2 is 1.88 bits per heavy atom. The average Bonchev–Trinajstić information content (AvgIpc) is 3.18. The van der Waals surface area contributed by atoms with Crippen LogP contribution in [0.5, 0.6) is 11.5 Å². The highest BCUT2D eigenvalue weighted by Gasteiger charge is 2.24. The molecule has 4 rings (SSSR count). The van der Waals surface area contributed by atoms with E-state index in [4.69, 9.17) is 25.8 Å². The maximum Gasteiger partial charge on any atom is 0.363 e. The highest BCUT2D eigenvalue weighted by atomic mass is 35.5. The van der Waals surface area contributed by atoms with Gasteiger partial charge in [0.25, 0.3) is 5.69 Å². The van der Waals surface area contributed by atoms with E-state index in [1.165, 1.54) is 31.4 Å². The monoisotopic (exact) mass is 464 g/mol. The smallest absolute Gasteiger partial charge is 0.363 e. The third-order valence-corrected chi connectivity index (χ3v) is 4.96. The van der Waals surface area contributed by atoms with E-state index in [1.807, 2.05) is 18.2 Å². The van der Waals surface area contributed by atoms with Crippen molar-refractivity contribution in [2.24, 2.45) is 4.99 Å². The second-order valence-corrected chi connectivity index (χ2v) is 7.41. The minimum absolute atomic E-state index is 0.0656. The lowest BCUT2D eigenvalue weighted by atomic mass is 10.1. The fourth-order valence-corrected chi connectivity index (χ4v) is 3.31. The lowest BCUT2D eigenvalue weighted by Crippen LogP contribution is -2.05. The Morgan fingerprint density at radius 1 is 1.09 bits per heavy atom. The Hall–Kier alpha value is -4.17. The van der Waals surface area contributed by atoms with Gasteiger partial charge in [0.05, 0.1) is 12.0 Å². The minimum Gasteiger partial charge on any atom is -0.493 e. The van der Waals surface area contributed by atoms with E-state index in [0.717, 1.165) is 5.56 Å². The summed E-state index contributed by atoms with van der Waals surface area (Å²) >= 11 is 6.01. The lowest BCUT2D eigenvalue weighted by Gasteiger charge is -2.11. The molecule has 0 bridgehead atoms. The van der Waals surface area contributed by atoms with Gasteiger partial charge in [0.2, 0.25) is 5.90 Å². The van der Waals surface area contributed by atoms with Crippen LogP contribution in [0.15, 0.2) is 77.4 Å². The highest BCUT2D eigenvalue weighted by Crippen LogP contribution is 2.30. The van der Waals surface area contributed by atoms with Crippen LogP contribution in [0, 0.1) is 10.1 Å². The molecular formula is C24H17ClN2O6. The summed E-state index contributed by atoms with van der Waals surface area (Å²) in [7, 11) is 1.52. The van der Waals surface area contributed by atoms with Crippen LogP contribution in [0.3, 0.4) is 0 Å². The largest absolute Gasteiger partial charge is 0.493 e. The molecule has 0 fully saturated rings. The fraction of sp³-hybridized carbons (Fsp3) is 0.0833. The van der Waals surface area contributed by atoms with Gasteiger partial charge in [-0.25, -0.2) is 9.79 Å². The molecule has 0 atom stereocenters. The number of nitro groups is 1. The quantitative estimate of drug-likeness (QED) is 0.207. The summed E-state index contributed by atoms with van der Waals surface area (Å²) in [5.74, 6) is 0.471. The summed E-state index contributed by atoms with van der Waals surface area (Å²) in [6.45, 7) is 0.312. The molecule has 9 heteroatoms. The summed E-state index contributed by atoms with van der Waals surface area (Å²) in [5.41, 5.74) is 2.06. The predicted molar refractivity (Wildman–Crippen MR) is 122 cm³/mol. The van der Waals surface area contributed by atoms with Crippen LogP contribution < -0.4 is 9.47 Å². The molecule has 0 saturated carbocycles. The lowest BCUT2D eigenvalue weighted by molar-refractivity contribution is -0.384. The first kappa shape index (κ1) is 22.0. The van der Waals surface area contributed by atoms with Crippen molar-refractivity contribution in [1.82, 2.24) is 0 Å². The number of aliphatic imine (C=N–C) groups is 1. The van der Waals surface area contributed by atoms with Gasteiger partial charge in [-0.3, -0.25) is 10.1 Å². The molecule has 3 aromatic carbocycles. The number of hydrogen-bond donors (Lipinski definition) is 0. The van der Waals surface area contributed by atoms with Crippen molar-refractivity contribution in [3.8, 4) is 11.5 Å². The normalized spacial score (nSPS) is 14.1. The zero-order valence-electron chi connectivity index (χ0n) is 17.4. The van der Waals surface area contributed by atoms with Gasteiger partial charge in [-0.05, 0) is 53.6 Å². The maximum atomic E-state index is 12.3. The minimum atomic E-state index is -0.622. The summed E-state index contributed by atoms with van der Waals surface area (Å²) in [5, 5.41) is 11.4. The molecule has 0 radical (unpaired) electrons. The molecule has 1 aliphatic rings. The number of methoxy groups -OCH3 is 1. The molecule has 166 valence electrons. The third-order valence-electron chi connectivity index (χ3n) is 4.72. The average molecular weight is 465 g/mol. The van der Waals surface area contributed by atoms with E-state index in [0.29, 0.717) is 34.3 Å². The molecular weight excluding hydrogens is 448 g/mol. The standard InChI is InChI=1S/C24H17ClN2O6/c1-31-22-13-15(5-10-21(22)32-14-16-3-2-4-18(25)11-16)12-20-24(28)33-23(26-20)17-6-8-19(9-7-17)27(29)30/h2-13H,14H2,1H3/b20-12-. The van der Waals surface area contributed by atoms with Gasteiger partial charge in [0.1, 0.15) is 6.61 Å². The SMILES string of the molecule is COc1cc(/C=C2\N=C(c3ccc([N+](=O)[O-])cc3)OC2=O)ccc1OCc1cccc(Cl)c1. The van der Waals surface area contributed by atoms with Crippen LogP contribution in [-0.4, -0.2) is 23.9 Å². The third kappa shape index (κ3) is 5.19. The number of carbonyl (C=O) groups excluding carboxylic acids is 1. The first-order chi connectivity index (χ1) is 15.9. The number of halogens is 1. The number of carbonyl (C=O) groups is 1. The molecule has 1 heterocycles. The highest BCUT2D eigenvalue weighted by molar-refractivity contribution is 6.30. The Morgan fingerprint density at radius 3 is 2.58 bits per heavy atom. The van der Waals surface area contributed by atoms with E-state index in [1.54, 1.807) is 30.3 Å². The molecule has 1 aliphatic heterocycles. The Labute approximate surface area is 193 Å². The molecule has 0 unspecified atom stereocenters. The molecule has 0 aliphatic carbocycles. The van der Waals surface area contributed by atoms with E-state index < -0.39 is 10.9 Å². The van der Waals surface area contributed by atoms with Crippen LogP contribution >= 0.6 is 11.6 Å². The fourth-order valence-electron chi connectivity index (χ4n) is 3.10. The van der Waals surface area contributed by atoms with E-state index in [9.17, 15) is 14.9 Å². The van der Waals surface area contributed by atoms with Crippen molar-refractivity contribution in [1.29, 1.82) is 0 Å². The molecule has 0 spiro atoms. The summed E-state index contributed by atoms with van der Waals surface area (Å²) in [6.07, 6.45) is 1.56. The molecule has 0 amide bonds. The van der Waals surface area contributed by atoms with Gasteiger partial charge in [-0.15, -0.1) is 0 Å². The number of cyclic esters (lactones) is 1. The number of hydrogen-bond acceptors (Lipinski definition) is 7. The summed E-state index contributed by atoms with van der Waals surface area (Å²) < 4.78 is 16.5. The predicted octanol–water partition coefficient (Wildman–Crippen LogP) is 5.18. The zero-order chi connectivity index (χ0) is 23.4. The number of nitro benzene ring substituents is 1. The van der Waals surface area contributed by atoms with Gasteiger partial charge >= 0.3 is 5.97 Å². The molecule has 0 N–H and O–H groups in total. The summed E-state index contributed by atoms with van der Waals surface area (Å²) in [6, 6.07) is 18.2. The number of non-ortho nitro benzene ring substituents is 1. The maximum absolute atomic E-state index is 12.3. The van der Waals surface area contributed by atoms with E-state index in [-0.39, 0.29) is 17.3 Å². The summed E-state index contributed by atoms with van der Waals surface area (Å²) in [4.78, 5) is 26.8. The Bertz CT molecular complexity index is 1280. The molecule has 33 heavy (non-hydrogen) atoms. The van der Waals surface area contributed by atoms with Crippen molar-refractivity contribution >= 4 is 35.2 Å². The van der Waals surface area contributed by atoms with E-state index in [2.05, 4.69) is 4.99 Å². The number of benzene rings is 3. The van der Waals surface area contributed by atoms with Crippen molar-refractivity contribution in [3.05, 3.63) is 104 Å². The van der Waals surface area contributed by atoms with Gasteiger partial charge in [0, 0.05) is 22.7 Å². The van der Waals surface area contributed by atoms with Gasteiger partial charge < -0.3 is 14.2 Å². The van der Waals surface area contributed by atoms with Gasteiger partial charge in [-0.2, -0.15) is 0 Å². The first-order valence-electron chi connectivity index (χ1n) is 9.75. The molecule has 3 aromatic rings. The van der Waals surface area contributed by atoms with Crippen LogP contribution in [0.25, 0.3) is 6.08 Å². The Balaban J connectivity index is 1.53. The van der Waals surface area contributed by atoms with Crippen LogP contribution in [0.1, 0.15) is 16.7 Å². The second-order valence-electron chi connectivity index (χ2n) is 6.97. The number of ether oxygens (including phenoxy) is 3. The Kier molecular flexibility index (Phi) is 6.37. The van der Waals surface area contributed by atoms with Gasteiger partial charge in [-0.1, -0.05) is 29.8 Å². The zero-order valence-corrected chi connectivity index (χ0v) is 18.1. The molecule has 8 nitrogen and oxygen atoms in total. The first-order valence-corrected chi connectivity index (χ1v) is 10.1. The van der Waals surface area contributed by atoms with Crippen molar-refractivity contribution < 1.29 is 23.9 Å². The van der Waals surface area contributed by atoms with Crippen molar-refractivity contribution in [3.63, 3.8) is 0 Å². The number of esters is 1. The molecule has 0 saturated heterocycles. The molecule has 0 aromatic heterocycles. The van der Waals surface area contributed by atoms with Crippen molar-refractivity contribution in [2.45, 2.75) is 6.61 Å². The topological polar surface area (TPSA) is 100 Å². The van der Waals surface area contributed by atoms with Crippen LogP contribution in [0.4, 0.5) is 5.69 Å². The number of nitrogens with zero attached hydrogens (tertiary/aromatic N) is 2.